The van der Waals surface area contributed by atoms with Crippen molar-refractivity contribution in [2.45, 2.75) is 24.8 Å². The molecule has 31 heavy (non-hydrogen) atoms. The van der Waals surface area contributed by atoms with Crippen LogP contribution in [0, 0.1) is 11.8 Å². The molecule has 0 aliphatic carbocycles. The smallest absolute Gasteiger partial charge is 0.231 e. The van der Waals surface area contributed by atoms with Gasteiger partial charge in [-0.3, -0.25) is 14.6 Å². The van der Waals surface area contributed by atoms with Gasteiger partial charge in [-0.1, -0.05) is 24.3 Å². The number of ether oxygens (including phenoxy) is 3. The molecule has 2 fully saturated rings. The Balaban J connectivity index is 1.19. The maximum absolute atomic E-state index is 13.4. The first-order valence-electron chi connectivity index (χ1n) is 10.3. The van der Waals surface area contributed by atoms with Crippen LogP contribution in [0.5, 0.6) is 11.5 Å². The Bertz CT molecular complexity index is 1090. The molecule has 0 radical (unpaired) electrons. The van der Waals surface area contributed by atoms with Gasteiger partial charge in [-0.2, -0.15) is 0 Å². The predicted octanol–water partition coefficient (Wildman–Crippen LogP) is 1.41. The van der Waals surface area contributed by atoms with Crippen LogP contribution in [0.1, 0.15) is 11.1 Å². The molecule has 4 aliphatic heterocycles. The highest BCUT2D eigenvalue weighted by atomic mass is 16.7. The number of likely N-dealkylation sites (tertiary alicyclic amines) is 1. The number of nitrogens with zero attached hydrogens (tertiary/aromatic N) is 2. The molecule has 2 bridgehead atoms. The molecule has 1 spiro atoms. The topological polar surface area (TPSA) is 90.0 Å². The van der Waals surface area contributed by atoms with Crippen molar-refractivity contribution in [3.05, 3.63) is 66.0 Å². The van der Waals surface area contributed by atoms with Crippen molar-refractivity contribution in [3.63, 3.8) is 0 Å². The molecule has 8 heteroatoms. The summed E-state index contributed by atoms with van der Waals surface area (Å²) in [6, 6.07) is 9.41. The molecule has 158 valence electrons. The van der Waals surface area contributed by atoms with Crippen LogP contribution in [0.4, 0.5) is 0 Å². The number of amides is 2. The second kappa shape index (κ2) is 6.81. The lowest BCUT2D eigenvalue weighted by Gasteiger charge is -2.23. The Morgan fingerprint density at radius 3 is 3.00 bits per heavy atom. The third-order valence-corrected chi connectivity index (χ3v) is 6.48. The number of hydrogen-bond donors (Lipinski definition) is 1. The lowest BCUT2D eigenvalue weighted by molar-refractivity contribution is -0.137. The minimum Gasteiger partial charge on any atom is -0.454 e. The van der Waals surface area contributed by atoms with Gasteiger partial charge in [-0.15, -0.1) is 0 Å². The van der Waals surface area contributed by atoms with Crippen molar-refractivity contribution in [1.29, 1.82) is 0 Å². The van der Waals surface area contributed by atoms with E-state index in [0.717, 1.165) is 11.1 Å². The van der Waals surface area contributed by atoms with E-state index < -0.39 is 17.4 Å². The molecule has 6 rings (SSSR count). The van der Waals surface area contributed by atoms with Gasteiger partial charge in [0.1, 0.15) is 5.60 Å². The highest BCUT2D eigenvalue weighted by Crippen LogP contribution is 2.52. The van der Waals surface area contributed by atoms with E-state index in [2.05, 4.69) is 10.3 Å². The van der Waals surface area contributed by atoms with Crippen LogP contribution in [0.2, 0.25) is 0 Å². The molecule has 2 saturated heterocycles. The van der Waals surface area contributed by atoms with Gasteiger partial charge in [0.2, 0.25) is 18.6 Å². The van der Waals surface area contributed by atoms with E-state index in [1.807, 2.05) is 42.5 Å². The van der Waals surface area contributed by atoms with E-state index in [1.54, 1.807) is 17.3 Å². The van der Waals surface area contributed by atoms with Crippen LogP contribution in [-0.2, 0) is 27.4 Å². The molecule has 1 aromatic carbocycles. The van der Waals surface area contributed by atoms with Crippen LogP contribution in [0.25, 0.3) is 0 Å². The summed E-state index contributed by atoms with van der Waals surface area (Å²) >= 11 is 0. The Hall–Kier alpha value is -3.39. The minimum atomic E-state index is -0.728. The molecule has 1 aromatic heterocycles. The molecule has 0 saturated carbocycles. The van der Waals surface area contributed by atoms with Crippen LogP contribution in [-0.4, -0.2) is 46.7 Å². The number of carbonyl (C=O) groups excluding carboxylic acids is 2. The van der Waals surface area contributed by atoms with Gasteiger partial charge in [-0.05, 0) is 29.3 Å². The number of carbonyl (C=O) groups is 2. The molecule has 0 unspecified atom stereocenters. The normalized spacial score (nSPS) is 29.5. The number of aromatic nitrogens is 1. The molecule has 5 heterocycles. The summed E-state index contributed by atoms with van der Waals surface area (Å²) in [4.78, 5) is 32.2. The van der Waals surface area contributed by atoms with Gasteiger partial charge in [0.15, 0.2) is 11.5 Å². The summed E-state index contributed by atoms with van der Waals surface area (Å²) in [5.74, 6) is 0.144. The molecule has 2 amide bonds. The lowest BCUT2D eigenvalue weighted by Crippen LogP contribution is -2.43. The quantitative estimate of drug-likeness (QED) is 0.737. The lowest BCUT2D eigenvalue weighted by atomic mass is 9.77. The van der Waals surface area contributed by atoms with E-state index in [-0.39, 0.29) is 24.7 Å². The third-order valence-electron chi connectivity index (χ3n) is 6.48. The van der Waals surface area contributed by atoms with Gasteiger partial charge >= 0.3 is 0 Å². The standard InChI is InChI=1S/C23H21N3O5/c27-21(25-10-15-2-1-7-24-9-15)19-17-5-6-23(31-17)12-26(22(28)20(19)23)11-14-3-4-16-18(8-14)30-13-29-16/h1-9,17,19-20H,10-13H2,(H,25,27)/t17-,19+,20-,23+/m1/s1. The highest BCUT2D eigenvalue weighted by molar-refractivity contribution is 5.93. The summed E-state index contributed by atoms with van der Waals surface area (Å²) in [6.07, 6.45) is 6.92. The van der Waals surface area contributed by atoms with Crippen molar-refractivity contribution < 1.29 is 23.8 Å². The Labute approximate surface area is 178 Å². The fourth-order valence-corrected chi connectivity index (χ4v) is 5.08. The van der Waals surface area contributed by atoms with Gasteiger partial charge < -0.3 is 24.4 Å². The van der Waals surface area contributed by atoms with Gasteiger partial charge in [0.05, 0.1) is 24.5 Å². The largest absolute Gasteiger partial charge is 0.454 e. The van der Waals surface area contributed by atoms with Gasteiger partial charge in [-0.25, -0.2) is 0 Å². The molecular formula is C23H21N3O5. The summed E-state index contributed by atoms with van der Waals surface area (Å²) < 4.78 is 17.0. The number of fused-ring (bicyclic) bond motifs is 2. The fraction of sp³-hybridized carbons (Fsp3) is 0.348. The molecular weight excluding hydrogens is 398 g/mol. The molecule has 4 atom stereocenters. The number of benzene rings is 1. The highest BCUT2D eigenvalue weighted by Gasteiger charge is 2.66. The van der Waals surface area contributed by atoms with E-state index in [0.29, 0.717) is 31.1 Å². The predicted molar refractivity (Wildman–Crippen MR) is 108 cm³/mol. The molecule has 2 aromatic rings. The SMILES string of the molecule is O=C(NCc1cccnc1)[C@H]1[C@H]2C=C[C@@]3(CN(Cc4ccc5c(c4)OCO5)C(=O)[C@@H]13)O2. The third kappa shape index (κ3) is 2.90. The van der Waals surface area contributed by atoms with Crippen molar-refractivity contribution in [2.24, 2.45) is 11.8 Å². The summed E-state index contributed by atoms with van der Waals surface area (Å²) in [5.41, 5.74) is 1.13. The second-order valence-corrected chi connectivity index (χ2v) is 8.36. The van der Waals surface area contributed by atoms with E-state index in [9.17, 15) is 9.59 Å². The minimum absolute atomic E-state index is 0.0500. The summed E-state index contributed by atoms with van der Waals surface area (Å²) in [6.45, 7) is 1.45. The maximum atomic E-state index is 13.4. The second-order valence-electron chi connectivity index (χ2n) is 8.36. The Kier molecular flexibility index (Phi) is 4.04. The number of pyridine rings is 1. The first-order chi connectivity index (χ1) is 15.1. The Morgan fingerprint density at radius 2 is 2.13 bits per heavy atom. The number of nitrogens with one attached hydrogen (secondary N) is 1. The van der Waals surface area contributed by atoms with Crippen LogP contribution in [0.3, 0.4) is 0 Å². The number of rotatable bonds is 5. The van der Waals surface area contributed by atoms with E-state index in [4.69, 9.17) is 14.2 Å². The fourth-order valence-electron chi connectivity index (χ4n) is 5.08. The summed E-state index contributed by atoms with van der Waals surface area (Å²) in [7, 11) is 0. The van der Waals surface area contributed by atoms with Crippen molar-refractivity contribution >= 4 is 11.8 Å². The molecule has 8 nitrogen and oxygen atoms in total. The molecule has 1 N–H and O–H groups in total. The van der Waals surface area contributed by atoms with Crippen LogP contribution < -0.4 is 14.8 Å². The zero-order chi connectivity index (χ0) is 21.0. The van der Waals surface area contributed by atoms with Crippen molar-refractivity contribution in [2.75, 3.05) is 13.3 Å². The zero-order valence-electron chi connectivity index (χ0n) is 16.7. The first-order valence-corrected chi connectivity index (χ1v) is 10.3. The van der Waals surface area contributed by atoms with Crippen LogP contribution in [0.15, 0.2) is 54.9 Å². The maximum Gasteiger partial charge on any atom is 0.231 e. The van der Waals surface area contributed by atoms with E-state index in [1.165, 1.54) is 0 Å². The average Bonchev–Trinajstić information content (AvgIpc) is 3.54. The van der Waals surface area contributed by atoms with Crippen molar-refractivity contribution in [1.82, 2.24) is 15.2 Å². The van der Waals surface area contributed by atoms with E-state index >= 15 is 0 Å². The van der Waals surface area contributed by atoms with Crippen LogP contribution >= 0.6 is 0 Å². The Morgan fingerprint density at radius 1 is 1.23 bits per heavy atom. The summed E-state index contributed by atoms with van der Waals surface area (Å²) in [5, 5.41) is 2.95. The monoisotopic (exact) mass is 419 g/mol. The first kappa shape index (κ1) is 18.4. The number of hydrogen-bond acceptors (Lipinski definition) is 6. The zero-order valence-corrected chi connectivity index (χ0v) is 16.7. The molecule has 4 aliphatic rings. The van der Waals surface area contributed by atoms with Gasteiger partial charge in [0, 0.05) is 25.5 Å². The van der Waals surface area contributed by atoms with Crippen molar-refractivity contribution in [3.8, 4) is 11.5 Å². The average molecular weight is 419 g/mol. The van der Waals surface area contributed by atoms with Gasteiger partial charge in [0.25, 0.3) is 0 Å².